The van der Waals surface area contributed by atoms with Gasteiger partial charge in [0.2, 0.25) is 17.7 Å². The molecule has 62 heavy (non-hydrogen) atoms. The van der Waals surface area contributed by atoms with Crippen LogP contribution in [-0.2, 0) is 14.4 Å². The summed E-state index contributed by atoms with van der Waals surface area (Å²) in [6, 6.07) is 26.0. The van der Waals surface area contributed by atoms with Crippen LogP contribution in [0.3, 0.4) is 0 Å². The monoisotopic (exact) mass is 846 g/mol. The van der Waals surface area contributed by atoms with Crippen LogP contribution in [0.1, 0.15) is 147 Å². The van der Waals surface area contributed by atoms with E-state index in [1.807, 2.05) is 36.4 Å². The van der Waals surface area contributed by atoms with Gasteiger partial charge in [-0.05, 0) is 54.7 Å². The molecule has 2 saturated carbocycles. The Bertz CT molecular complexity index is 1880. The van der Waals surface area contributed by atoms with Crippen molar-refractivity contribution in [2.24, 2.45) is 11.8 Å². The number of hydrogen-bond donors (Lipinski definition) is 4. The maximum absolute atomic E-state index is 13.9. The Labute approximate surface area is 367 Å². The maximum atomic E-state index is 13.9. The molecule has 2 saturated heterocycles. The lowest BCUT2D eigenvalue weighted by Crippen LogP contribution is -2.43. The molecule has 8 atom stereocenters. The molecule has 0 spiro atoms. The average molecular weight is 846 g/mol. The second kappa shape index (κ2) is 21.9. The number of β-amino-alcohol motifs (C(OH)–C–C–N with tert-alkyl or cyclic N) is 1. The number of nitrogens with zero attached hydrogens (tertiary/aromatic N) is 2. The van der Waals surface area contributed by atoms with E-state index < -0.39 is 24.0 Å². The summed E-state index contributed by atoms with van der Waals surface area (Å²) < 4.78 is 0. The molecule has 7 rings (SSSR count). The molecule has 4 aliphatic rings. The van der Waals surface area contributed by atoms with Crippen LogP contribution in [0.2, 0.25) is 0 Å². The fourth-order valence-electron chi connectivity index (χ4n) is 9.55. The minimum Gasteiger partial charge on any atom is -0.389 e. The summed E-state index contributed by atoms with van der Waals surface area (Å²) in [6.07, 6.45) is 15.9. The van der Waals surface area contributed by atoms with Crippen LogP contribution in [0.4, 0.5) is 0 Å². The molecule has 5 amide bonds. The second-order valence-corrected chi connectivity index (χ2v) is 18.3. The van der Waals surface area contributed by atoms with E-state index in [0.29, 0.717) is 17.5 Å². The van der Waals surface area contributed by atoms with Gasteiger partial charge in [-0.15, -0.1) is 0 Å². The van der Waals surface area contributed by atoms with Crippen LogP contribution < -0.4 is 16.0 Å². The molecular weight excluding hydrogens is 779 g/mol. The summed E-state index contributed by atoms with van der Waals surface area (Å²) in [5.41, 5.74) is 3.06. The number of carbonyl (C=O) groups is 5. The lowest BCUT2D eigenvalue weighted by atomic mass is 9.94. The fraction of sp³-hybridized carbons (Fsp3) is 0.549. The largest absolute Gasteiger partial charge is 0.389 e. The number of likely N-dealkylation sites (tertiary alicyclic amines) is 2. The number of aliphatic hydroxyl groups is 1. The summed E-state index contributed by atoms with van der Waals surface area (Å²) in [6.45, 7) is 2.76. The van der Waals surface area contributed by atoms with Crippen LogP contribution in [0.15, 0.2) is 84.9 Å². The second-order valence-electron chi connectivity index (χ2n) is 18.3. The Hall–Kier alpha value is -5.03. The molecule has 3 aromatic rings. The molecule has 11 heteroatoms. The molecule has 0 aromatic heterocycles. The molecule has 0 bridgehead atoms. The number of benzene rings is 3. The zero-order valence-electron chi connectivity index (χ0n) is 36.5. The van der Waals surface area contributed by atoms with E-state index in [4.69, 9.17) is 0 Å². The van der Waals surface area contributed by atoms with Gasteiger partial charge in [-0.25, -0.2) is 0 Å². The Kier molecular flexibility index (Phi) is 15.9. The van der Waals surface area contributed by atoms with Gasteiger partial charge in [0, 0.05) is 67.6 Å². The molecule has 3 aromatic carbocycles. The number of carbonyl (C=O) groups excluding carboxylic acids is 5. The summed E-state index contributed by atoms with van der Waals surface area (Å²) in [5.74, 6) is -2.09. The zero-order chi connectivity index (χ0) is 43.4. The first-order valence-corrected chi connectivity index (χ1v) is 23.6. The molecule has 2 aliphatic heterocycles. The Balaban J connectivity index is 0.875. The molecule has 2 heterocycles. The highest BCUT2D eigenvalue weighted by Crippen LogP contribution is 2.42. The number of aliphatic hydroxyl groups excluding tert-OH is 1. The Morgan fingerprint density at radius 1 is 0.516 bits per heavy atom. The van der Waals surface area contributed by atoms with Gasteiger partial charge in [-0.1, -0.05) is 138 Å². The van der Waals surface area contributed by atoms with Crippen molar-refractivity contribution in [2.45, 2.75) is 139 Å². The number of hydrogen-bond acceptors (Lipinski definition) is 6. The first-order chi connectivity index (χ1) is 30.2. The van der Waals surface area contributed by atoms with Gasteiger partial charge in [0.05, 0.1) is 24.0 Å². The standard InChI is InChI=1S/C51H67N5O6/c1-2-3-4-5-6-7-8-9-10-11-12-19-24-47(58)52-45-33-56(34-46(45)57)51(62)38-27-25-37(26-28-38)50(61)55-31-41(48(59)53-43-29-39(43)35-20-15-13-16-21-35)42(32-55)49(60)54-44-30-40(44)36-22-17-14-18-23-36/h13-18,20-23,25-28,39-46,57H,2-12,19,24,29-34H2,1H3,(H,52,58)(H,53,59)(H,54,60)/t39-,40-,41-,42?,43+,44+,45+,46+/m1/s1. The third-order valence-electron chi connectivity index (χ3n) is 13.5. The van der Waals surface area contributed by atoms with Gasteiger partial charge in [-0.2, -0.15) is 0 Å². The molecule has 1 unspecified atom stereocenters. The van der Waals surface area contributed by atoms with Gasteiger partial charge < -0.3 is 30.9 Å². The highest BCUT2D eigenvalue weighted by atomic mass is 16.3. The van der Waals surface area contributed by atoms with E-state index in [0.717, 1.165) is 32.1 Å². The van der Waals surface area contributed by atoms with Crippen LogP contribution in [0, 0.1) is 11.8 Å². The van der Waals surface area contributed by atoms with Crippen LogP contribution in [0.5, 0.6) is 0 Å². The number of unbranched alkanes of at least 4 members (excludes halogenated alkanes) is 11. The predicted molar refractivity (Wildman–Crippen MR) is 240 cm³/mol. The summed E-state index contributed by atoms with van der Waals surface area (Å²) in [4.78, 5) is 71.0. The molecule has 11 nitrogen and oxygen atoms in total. The zero-order valence-corrected chi connectivity index (χ0v) is 36.5. The molecule has 0 radical (unpaired) electrons. The minimum absolute atomic E-state index is 0.0123. The molecule has 2 aliphatic carbocycles. The quantitative estimate of drug-likeness (QED) is 0.0793. The highest BCUT2D eigenvalue weighted by Gasteiger charge is 2.49. The van der Waals surface area contributed by atoms with Crippen molar-refractivity contribution in [2.75, 3.05) is 26.2 Å². The van der Waals surface area contributed by atoms with E-state index in [1.165, 1.54) is 73.8 Å². The highest BCUT2D eigenvalue weighted by molar-refractivity contribution is 5.99. The molecule has 332 valence electrons. The average Bonchev–Trinajstić information content (AvgIpc) is 4.16. The summed E-state index contributed by atoms with van der Waals surface area (Å²) >= 11 is 0. The third kappa shape index (κ3) is 12.1. The Morgan fingerprint density at radius 2 is 0.935 bits per heavy atom. The van der Waals surface area contributed by atoms with Gasteiger partial charge >= 0.3 is 0 Å². The third-order valence-corrected chi connectivity index (χ3v) is 13.5. The SMILES string of the molecule is CCCCCCCCCCCCCCC(=O)N[C@H]1CN(C(=O)c2ccc(C(=O)N3CC(C(=O)N[C@H]4C[C@@H]4c4ccccc4)[C@H](C(=O)N[C@H]4C[C@@H]4c4ccccc4)C3)cc2)C[C@@H]1O. The minimum atomic E-state index is -0.871. The van der Waals surface area contributed by atoms with E-state index in [2.05, 4.69) is 47.1 Å². The fourth-order valence-corrected chi connectivity index (χ4v) is 9.55. The topological polar surface area (TPSA) is 148 Å². The van der Waals surface area contributed by atoms with Gasteiger partial charge in [0.25, 0.3) is 11.8 Å². The summed E-state index contributed by atoms with van der Waals surface area (Å²) in [5, 5.41) is 20.1. The first kappa shape index (κ1) is 45.0. The van der Waals surface area contributed by atoms with Crippen molar-refractivity contribution in [1.29, 1.82) is 0 Å². The number of amides is 5. The van der Waals surface area contributed by atoms with E-state index >= 15 is 0 Å². The molecule has 4 fully saturated rings. The lowest BCUT2D eigenvalue weighted by molar-refractivity contribution is -0.133. The molecule has 4 N–H and O–H groups in total. The first-order valence-electron chi connectivity index (χ1n) is 23.6. The normalized spacial score (nSPS) is 25.0. The smallest absolute Gasteiger partial charge is 0.254 e. The van der Waals surface area contributed by atoms with Crippen molar-refractivity contribution >= 4 is 29.5 Å². The molecular formula is C51H67N5O6. The van der Waals surface area contributed by atoms with Gasteiger partial charge in [0.15, 0.2) is 0 Å². The van der Waals surface area contributed by atoms with Crippen LogP contribution in [-0.4, -0.2) is 94.9 Å². The van der Waals surface area contributed by atoms with Crippen molar-refractivity contribution in [3.05, 3.63) is 107 Å². The van der Waals surface area contributed by atoms with Gasteiger partial charge in [-0.3, -0.25) is 24.0 Å². The van der Waals surface area contributed by atoms with E-state index in [9.17, 15) is 29.1 Å². The summed E-state index contributed by atoms with van der Waals surface area (Å²) in [7, 11) is 0. The van der Waals surface area contributed by atoms with E-state index in [-0.39, 0.29) is 79.6 Å². The van der Waals surface area contributed by atoms with Crippen molar-refractivity contribution in [1.82, 2.24) is 25.8 Å². The van der Waals surface area contributed by atoms with E-state index in [1.54, 1.807) is 29.2 Å². The number of rotatable bonds is 22. The van der Waals surface area contributed by atoms with Crippen molar-refractivity contribution < 1.29 is 29.1 Å². The van der Waals surface area contributed by atoms with Crippen LogP contribution in [0.25, 0.3) is 0 Å². The lowest BCUT2D eigenvalue weighted by Gasteiger charge is -2.18. The van der Waals surface area contributed by atoms with Crippen molar-refractivity contribution in [3.8, 4) is 0 Å². The Morgan fingerprint density at radius 3 is 1.39 bits per heavy atom. The number of nitrogens with one attached hydrogen (secondary N) is 3. The van der Waals surface area contributed by atoms with Crippen molar-refractivity contribution in [3.63, 3.8) is 0 Å². The van der Waals surface area contributed by atoms with Crippen LogP contribution >= 0.6 is 0 Å². The predicted octanol–water partition coefficient (Wildman–Crippen LogP) is 7.11. The maximum Gasteiger partial charge on any atom is 0.254 e. The van der Waals surface area contributed by atoms with Gasteiger partial charge in [0.1, 0.15) is 0 Å².